The van der Waals surface area contributed by atoms with Crippen LogP contribution < -0.4 is 11.1 Å². The molecule has 0 radical (unpaired) electrons. The van der Waals surface area contributed by atoms with Crippen LogP contribution in [0.4, 0.5) is 0 Å². The molecule has 0 rings (SSSR count). The monoisotopic (exact) mass is 271 g/mol. The normalized spacial score (nSPS) is 15.8. The lowest BCUT2D eigenvalue weighted by Crippen LogP contribution is -2.53. The number of rotatable bonds is 7. The van der Waals surface area contributed by atoms with E-state index >= 15 is 0 Å². The Morgan fingerprint density at radius 3 is 2.11 bits per heavy atom. The van der Waals surface area contributed by atoms with Crippen LogP contribution in [0.2, 0.25) is 0 Å². The Balaban J connectivity index is 4.72. The van der Waals surface area contributed by atoms with Crippen molar-refractivity contribution < 1.29 is 9.59 Å². The van der Waals surface area contributed by atoms with Gasteiger partial charge in [0.15, 0.2) is 0 Å². The number of hydrogen-bond donors (Lipinski definition) is 2. The van der Waals surface area contributed by atoms with Gasteiger partial charge in [-0.2, -0.15) is 0 Å². The number of likely N-dealkylation sites (N-methyl/N-ethyl adjacent to an activating group) is 1. The van der Waals surface area contributed by atoms with Gasteiger partial charge in [-0.1, -0.05) is 34.1 Å². The van der Waals surface area contributed by atoms with Gasteiger partial charge in [-0.25, -0.2) is 0 Å². The van der Waals surface area contributed by atoms with E-state index in [2.05, 4.69) is 5.32 Å². The summed E-state index contributed by atoms with van der Waals surface area (Å²) in [7, 11) is 3.38. The summed E-state index contributed by atoms with van der Waals surface area (Å²) in [6.45, 7) is 7.98. The average molecular weight is 271 g/mol. The number of nitrogens with zero attached hydrogens (tertiary/aromatic N) is 1. The van der Waals surface area contributed by atoms with Gasteiger partial charge < -0.3 is 16.0 Å². The molecule has 5 nitrogen and oxygen atoms in total. The molecule has 0 aliphatic heterocycles. The van der Waals surface area contributed by atoms with Crippen molar-refractivity contribution in [3.05, 3.63) is 0 Å². The Labute approximate surface area is 116 Å². The lowest BCUT2D eigenvalue weighted by Gasteiger charge is -2.26. The van der Waals surface area contributed by atoms with E-state index in [4.69, 9.17) is 5.73 Å². The maximum atomic E-state index is 12.1. The Hall–Kier alpha value is -1.10. The number of carbonyl (C=O) groups excluding carboxylic acids is 2. The zero-order chi connectivity index (χ0) is 15.2. The summed E-state index contributed by atoms with van der Waals surface area (Å²) < 4.78 is 0. The molecule has 0 saturated heterocycles. The molecule has 0 aromatic carbocycles. The fourth-order valence-electron chi connectivity index (χ4n) is 1.78. The van der Waals surface area contributed by atoms with E-state index in [0.717, 1.165) is 6.42 Å². The minimum atomic E-state index is -0.561. The van der Waals surface area contributed by atoms with Gasteiger partial charge in [0.2, 0.25) is 11.8 Å². The smallest absolute Gasteiger partial charge is 0.244 e. The van der Waals surface area contributed by atoms with E-state index < -0.39 is 12.1 Å². The van der Waals surface area contributed by atoms with Crippen molar-refractivity contribution in [2.24, 2.45) is 17.6 Å². The Morgan fingerprint density at radius 1 is 1.21 bits per heavy atom. The largest absolute Gasteiger partial charge is 0.347 e. The molecule has 0 aromatic heterocycles. The van der Waals surface area contributed by atoms with Crippen molar-refractivity contribution in [1.82, 2.24) is 10.2 Å². The van der Waals surface area contributed by atoms with E-state index in [1.807, 2.05) is 27.7 Å². The van der Waals surface area contributed by atoms with Crippen LogP contribution in [0.15, 0.2) is 0 Å². The second-order valence-corrected chi connectivity index (χ2v) is 5.83. The van der Waals surface area contributed by atoms with Crippen molar-refractivity contribution in [3.8, 4) is 0 Å². The zero-order valence-electron chi connectivity index (χ0n) is 13.1. The Morgan fingerprint density at radius 2 is 1.74 bits per heavy atom. The van der Waals surface area contributed by atoms with Crippen molar-refractivity contribution in [3.63, 3.8) is 0 Å². The minimum absolute atomic E-state index is 0.0848. The van der Waals surface area contributed by atoms with Crippen LogP contribution in [0.1, 0.15) is 40.5 Å². The van der Waals surface area contributed by atoms with Crippen LogP contribution in [-0.2, 0) is 9.59 Å². The number of hydrogen-bond acceptors (Lipinski definition) is 3. The predicted molar refractivity (Wildman–Crippen MR) is 77.5 cm³/mol. The lowest BCUT2D eigenvalue weighted by atomic mass is 9.97. The highest BCUT2D eigenvalue weighted by molar-refractivity contribution is 5.89. The lowest BCUT2D eigenvalue weighted by molar-refractivity contribution is -0.135. The van der Waals surface area contributed by atoms with Crippen LogP contribution in [0.5, 0.6) is 0 Å². The third-order valence-corrected chi connectivity index (χ3v) is 3.32. The summed E-state index contributed by atoms with van der Waals surface area (Å²) in [5, 5.41) is 2.79. The van der Waals surface area contributed by atoms with E-state index in [0.29, 0.717) is 12.3 Å². The number of amides is 2. The SMILES string of the molecule is CCC(C)C(N)C(=O)NC(CC(C)C)C(=O)N(C)C. The first-order chi connectivity index (χ1) is 8.70. The van der Waals surface area contributed by atoms with Gasteiger partial charge in [0.1, 0.15) is 6.04 Å². The molecular weight excluding hydrogens is 242 g/mol. The van der Waals surface area contributed by atoms with Crippen LogP contribution in [0, 0.1) is 11.8 Å². The fourth-order valence-corrected chi connectivity index (χ4v) is 1.78. The van der Waals surface area contributed by atoms with Crippen LogP contribution in [0.3, 0.4) is 0 Å². The van der Waals surface area contributed by atoms with Crippen molar-refractivity contribution >= 4 is 11.8 Å². The van der Waals surface area contributed by atoms with Crippen molar-refractivity contribution in [2.75, 3.05) is 14.1 Å². The second kappa shape index (κ2) is 8.15. The zero-order valence-corrected chi connectivity index (χ0v) is 13.1. The molecule has 3 N–H and O–H groups in total. The molecule has 112 valence electrons. The topological polar surface area (TPSA) is 75.4 Å². The first-order valence-electron chi connectivity index (χ1n) is 6.97. The highest BCUT2D eigenvalue weighted by Crippen LogP contribution is 2.09. The van der Waals surface area contributed by atoms with Crippen LogP contribution in [0.25, 0.3) is 0 Å². The molecule has 0 aliphatic carbocycles. The van der Waals surface area contributed by atoms with Crippen molar-refractivity contribution in [1.29, 1.82) is 0 Å². The van der Waals surface area contributed by atoms with Gasteiger partial charge in [0.05, 0.1) is 6.04 Å². The quantitative estimate of drug-likeness (QED) is 0.724. The summed E-state index contributed by atoms with van der Waals surface area (Å²) in [6.07, 6.45) is 1.46. The van der Waals surface area contributed by atoms with E-state index in [9.17, 15) is 9.59 Å². The highest BCUT2D eigenvalue weighted by Gasteiger charge is 2.27. The van der Waals surface area contributed by atoms with Gasteiger partial charge in [0.25, 0.3) is 0 Å². The first-order valence-corrected chi connectivity index (χ1v) is 6.97. The highest BCUT2D eigenvalue weighted by atomic mass is 16.2. The van der Waals surface area contributed by atoms with E-state index in [1.165, 1.54) is 4.90 Å². The first kappa shape index (κ1) is 17.9. The average Bonchev–Trinajstić information content (AvgIpc) is 2.34. The molecule has 0 fully saturated rings. The van der Waals surface area contributed by atoms with Crippen molar-refractivity contribution in [2.45, 2.75) is 52.6 Å². The molecule has 0 aliphatic rings. The maximum Gasteiger partial charge on any atom is 0.244 e. The number of nitrogens with two attached hydrogens (primary N) is 1. The molecule has 0 bridgehead atoms. The molecule has 19 heavy (non-hydrogen) atoms. The minimum Gasteiger partial charge on any atom is -0.347 e. The molecule has 0 aromatic rings. The second-order valence-electron chi connectivity index (χ2n) is 5.83. The number of nitrogens with one attached hydrogen (secondary N) is 1. The molecule has 3 unspecified atom stereocenters. The Kier molecular flexibility index (Phi) is 7.68. The molecule has 0 spiro atoms. The predicted octanol–water partition coefficient (Wildman–Crippen LogP) is 0.979. The third-order valence-electron chi connectivity index (χ3n) is 3.32. The molecule has 0 saturated carbocycles. The van der Waals surface area contributed by atoms with Gasteiger partial charge >= 0.3 is 0 Å². The molecule has 2 amide bonds. The fraction of sp³-hybridized carbons (Fsp3) is 0.857. The summed E-state index contributed by atoms with van der Waals surface area (Å²) in [5.41, 5.74) is 5.89. The summed E-state index contributed by atoms with van der Waals surface area (Å²) in [6, 6.07) is -1.05. The molecule has 5 heteroatoms. The van der Waals surface area contributed by atoms with Crippen LogP contribution >= 0.6 is 0 Å². The van der Waals surface area contributed by atoms with Gasteiger partial charge in [-0.3, -0.25) is 9.59 Å². The van der Waals surface area contributed by atoms with Crippen LogP contribution in [-0.4, -0.2) is 42.9 Å². The maximum absolute atomic E-state index is 12.1. The summed E-state index contributed by atoms with van der Waals surface area (Å²) in [4.78, 5) is 25.6. The van der Waals surface area contributed by atoms with Gasteiger partial charge in [-0.15, -0.1) is 0 Å². The van der Waals surface area contributed by atoms with Gasteiger partial charge in [0, 0.05) is 14.1 Å². The Bertz CT molecular complexity index is 303. The molecular formula is C14H29N3O2. The summed E-state index contributed by atoms with van der Waals surface area (Å²) >= 11 is 0. The van der Waals surface area contributed by atoms with Gasteiger partial charge in [-0.05, 0) is 18.3 Å². The number of carbonyl (C=O) groups is 2. The third kappa shape index (κ3) is 6.05. The summed E-state index contributed by atoms with van der Waals surface area (Å²) in [5.74, 6) is 0.108. The standard InChI is InChI=1S/C14H29N3O2/c1-7-10(4)12(15)13(18)16-11(8-9(2)3)14(19)17(5)6/h9-12H,7-8,15H2,1-6H3,(H,16,18). The molecule has 0 heterocycles. The van der Waals surface area contributed by atoms with E-state index in [1.54, 1.807) is 14.1 Å². The van der Waals surface area contributed by atoms with E-state index in [-0.39, 0.29) is 17.7 Å². The molecule has 3 atom stereocenters.